The molecule has 0 spiro atoms. The van der Waals surface area contributed by atoms with Crippen molar-refractivity contribution in [2.75, 3.05) is 26.3 Å². The second-order valence-corrected chi connectivity index (χ2v) is 6.49. The fraction of sp³-hybridized carbons (Fsp3) is 0.611. The summed E-state index contributed by atoms with van der Waals surface area (Å²) in [5, 5.41) is 7.55. The average Bonchev–Trinajstić information content (AvgIpc) is 3.32. The van der Waals surface area contributed by atoms with E-state index < -0.39 is 0 Å². The number of hydrogen-bond donors (Lipinski definition) is 2. The van der Waals surface area contributed by atoms with Gasteiger partial charge in [-0.05, 0) is 50.2 Å². The van der Waals surface area contributed by atoms with Crippen LogP contribution >= 0.6 is 11.6 Å². The van der Waals surface area contributed by atoms with Crippen molar-refractivity contribution >= 4 is 17.6 Å². The van der Waals surface area contributed by atoms with E-state index in [1.807, 2.05) is 31.2 Å². The molecule has 0 atom stereocenters. The lowest BCUT2D eigenvalue weighted by atomic mass is 10.0. The molecule has 128 valence electrons. The number of aliphatic imine (C=N–C) groups is 1. The molecule has 0 unspecified atom stereocenters. The zero-order chi connectivity index (χ0) is 16.5. The molecular weight excluding hydrogens is 310 g/mol. The van der Waals surface area contributed by atoms with Crippen LogP contribution in [0.5, 0.6) is 0 Å². The number of guanidine groups is 1. The lowest BCUT2D eigenvalue weighted by Gasteiger charge is -2.18. The lowest BCUT2D eigenvalue weighted by molar-refractivity contribution is 0.128. The third-order valence-electron chi connectivity index (χ3n) is 4.28. The van der Waals surface area contributed by atoms with Gasteiger partial charge in [-0.3, -0.25) is 0 Å². The van der Waals surface area contributed by atoms with Gasteiger partial charge in [0.1, 0.15) is 0 Å². The molecule has 1 saturated carbocycles. The van der Waals surface area contributed by atoms with E-state index in [4.69, 9.17) is 16.3 Å². The summed E-state index contributed by atoms with van der Waals surface area (Å²) >= 11 is 6.19. The van der Waals surface area contributed by atoms with Gasteiger partial charge in [0.2, 0.25) is 0 Å². The van der Waals surface area contributed by atoms with E-state index in [0.29, 0.717) is 12.0 Å². The fourth-order valence-corrected chi connectivity index (χ4v) is 2.72. The number of benzene rings is 1. The smallest absolute Gasteiger partial charge is 0.191 e. The molecule has 0 aromatic heterocycles. The minimum absolute atomic E-state index is 0.399. The van der Waals surface area contributed by atoms with Crippen LogP contribution in [0.2, 0.25) is 5.02 Å². The zero-order valence-corrected chi connectivity index (χ0v) is 15.0. The van der Waals surface area contributed by atoms with Crippen molar-refractivity contribution in [3.8, 4) is 0 Å². The van der Waals surface area contributed by atoms with Crippen LogP contribution in [0.3, 0.4) is 0 Å². The summed E-state index contributed by atoms with van der Waals surface area (Å²) < 4.78 is 5.49. The minimum atomic E-state index is 0.399. The second kappa shape index (κ2) is 9.14. The molecule has 1 aromatic carbocycles. The Kier molecular flexibility index (Phi) is 7.18. The molecule has 1 aromatic rings. The molecule has 1 aliphatic carbocycles. The number of halogens is 1. The van der Waals surface area contributed by atoms with Gasteiger partial charge in [-0.2, -0.15) is 0 Å². The molecule has 2 rings (SSSR count). The second-order valence-electron chi connectivity index (χ2n) is 6.09. The first-order valence-corrected chi connectivity index (χ1v) is 8.90. The van der Waals surface area contributed by atoms with Gasteiger partial charge < -0.3 is 15.4 Å². The molecule has 4 nitrogen and oxygen atoms in total. The number of nitrogens with zero attached hydrogens (tertiary/aromatic N) is 1. The Morgan fingerprint density at radius 2 is 2.04 bits per heavy atom. The summed E-state index contributed by atoms with van der Waals surface area (Å²) in [6.07, 6.45) is 3.67. The number of rotatable bonds is 9. The third kappa shape index (κ3) is 6.04. The fourth-order valence-electron chi connectivity index (χ4n) is 2.53. The van der Waals surface area contributed by atoms with Gasteiger partial charge in [-0.25, -0.2) is 4.99 Å². The van der Waals surface area contributed by atoms with Crippen LogP contribution in [0.4, 0.5) is 0 Å². The normalized spacial score (nSPS) is 16.2. The molecule has 0 amide bonds. The molecular formula is C18H28ClN3O. The van der Waals surface area contributed by atoms with Crippen LogP contribution in [-0.2, 0) is 11.3 Å². The van der Waals surface area contributed by atoms with Crippen LogP contribution in [-0.4, -0.2) is 32.3 Å². The monoisotopic (exact) mass is 337 g/mol. The first-order valence-electron chi connectivity index (χ1n) is 8.52. The van der Waals surface area contributed by atoms with Crippen LogP contribution in [0.15, 0.2) is 29.3 Å². The maximum absolute atomic E-state index is 6.19. The molecule has 1 fully saturated rings. The highest BCUT2D eigenvalue weighted by atomic mass is 35.5. The molecule has 0 bridgehead atoms. The van der Waals surface area contributed by atoms with Crippen LogP contribution in [0.1, 0.15) is 38.7 Å². The molecule has 23 heavy (non-hydrogen) atoms. The Balaban J connectivity index is 1.86. The number of hydrogen-bond acceptors (Lipinski definition) is 2. The van der Waals surface area contributed by atoms with Crippen molar-refractivity contribution < 1.29 is 4.74 Å². The number of nitrogens with one attached hydrogen (secondary N) is 2. The van der Waals surface area contributed by atoms with E-state index in [1.165, 1.54) is 12.8 Å². The van der Waals surface area contributed by atoms with Crippen molar-refractivity contribution in [1.29, 1.82) is 0 Å². The Bertz CT molecular complexity index is 515. The number of ether oxygens (including phenoxy) is 1. The quantitative estimate of drug-likeness (QED) is 0.411. The van der Waals surface area contributed by atoms with Crippen LogP contribution in [0, 0.1) is 5.41 Å². The molecule has 2 N–H and O–H groups in total. The van der Waals surface area contributed by atoms with Gasteiger partial charge >= 0.3 is 0 Å². The minimum Gasteiger partial charge on any atom is -0.382 e. The van der Waals surface area contributed by atoms with Crippen LogP contribution in [0.25, 0.3) is 0 Å². The zero-order valence-electron chi connectivity index (χ0n) is 14.2. The van der Waals surface area contributed by atoms with Crippen molar-refractivity contribution in [3.05, 3.63) is 34.9 Å². The van der Waals surface area contributed by atoms with E-state index >= 15 is 0 Å². The van der Waals surface area contributed by atoms with Crippen molar-refractivity contribution in [3.63, 3.8) is 0 Å². The topological polar surface area (TPSA) is 45.7 Å². The molecule has 5 heteroatoms. The molecule has 0 radical (unpaired) electrons. The predicted octanol–water partition coefficient (Wildman–Crippen LogP) is 3.60. The predicted molar refractivity (Wildman–Crippen MR) is 97.0 cm³/mol. The van der Waals surface area contributed by atoms with Crippen molar-refractivity contribution in [1.82, 2.24) is 10.6 Å². The first kappa shape index (κ1) is 18.1. The molecule has 0 heterocycles. The van der Waals surface area contributed by atoms with Crippen LogP contribution < -0.4 is 10.6 Å². The Morgan fingerprint density at radius 3 is 2.70 bits per heavy atom. The standard InChI is InChI=1S/C18H28ClN3O/c1-3-20-17(21-13-15-7-5-6-8-16(15)19)22-14-18(9-10-18)11-12-23-4-2/h5-8H,3-4,9-14H2,1-2H3,(H2,20,21,22). The maximum Gasteiger partial charge on any atom is 0.191 e. The van der Waals surface area contributed by atoms with E-state index in [-0.39, 0.29) is 0 Å². The van der Waals surface area contributed by atoms with Gasteiger partial charge in [-0.1, -0.05) is 29.8 Å². The SMILES string of the molecule is CCNC(=NCc1ccccc1Cl)NCC1(CCOCC)CC1. The summed E-state index contributed by atoms with van der Waals surface area (Å²) in [5.41, 5.74) is 1.44. The average molecular weight is 338 g/mol. The maximum atomic E-state index is 6.19. The van der Waals surface area contributed by atoms with Crippen molar-refractivity contribution in [2.45, 2.75) is 39.7 Å². The van der Waals surface area contributed by atoms with E-state index in [0.717, 1.165) is 49.3 Å². The Labute approximate surface area is 144 Å². The summed E-state index contributed by atoms with van der Waals surface area (Å²) in [7, 11) is 0. The molecule has 0 aliphatic heterocycles. The first-order chi connectivity index (χ1) is 11.2. The van der Waals surface area contributed by atoms with Crippen molar-refractivity contribution in [2.24, 2.45) is 10.4 Å². The van der Waals surface area contributed by atoms with Gasteiger partial charge in [0.25, 0.3) is 0 Å². The summed E-state index contributed by atoms with van der Waals surface area (Å²) in [4.78, 5) is 4.65. The molecule has 1 aliphatic rings. The largest absolute Gasteiger partial charge is 0.382 e. The summed E-state index contributed by atoms with van der Waals surface area (Å²) in [6, 6.07) is 7.85. The summed E-state index contributed by atoms with van der Waals surface area (Å²) in [6.45, 7) is 8.16. The lowest BCUT2D eigenvalue weighted by Crippen LogP contribution is -2.40. The van der Waals surface area contributed by atoms with E-state index in [2.05, 4.69) is 22.5 Å². The van der Waals surface area contributed by atoms with Gasteiger partial charge in [-0.15, -0.1) is 0 Å². The highest BCUT2D eigenvalue weighted by Crippen LogP contribution is 2.48. The summed E-state index contributed by atoms with van der Waals surface area (Å²) in [5.74, 6) is 0.857. The van der Waals surface area contributed by atoms with Gasteiger partial charge in [0, 0.05) is 31.3 Å². The van der Waals surface area contributed by atoms with Gasteiger partial charge in [0.05, 0.1) is 6.54 Å². The third-order valence-corrected chi connectivity index (χ3v) is 4.65. The molecule has 0 saturated heterocycles. The Morgan fingerprint density at radius 1 is 1.26 bits per heavy atom. The highest BCUT2D eigenvalue weighted by molar-refractivity contribution is 6.31. The Hall–Kier alpha value is -1.26. The van der Waals surface area contributed by atoms with E-state index in [9.17, 15) is 0 Å². The highest BCUT2D eigenvalue weighted by Gasteiger charge is 2.41. The van der Waals surface area contributed by atoms with Gasteiger partial charge in [0.15, 0.2) is 5.96 Å². The van der Waals surface area contributed by atoms with E-state index in [1.54, 1.807) is 0 Å².